The first-order valence-electron chi connectivity index (χ1n) is 11.2. The van der Waals surface area contributed by atoms with Crippen molar-refractivity contribution in [2.45, 2.75) is 19.8 Å². The lowest BCUT2D eigenvalue weighted by atomic mass is 9.96. The fourth-order valence-corrected chi connectivity index (χ4v) is 3.70. The van der Waals surface area contributed by atoms with Gasteiger partial charge in [-0.25, -0.2) is 4.79 Å². The SMILES string of the molecule is CCCCOC(=O)c1ccccc1C(=O)c1ccc(-c2ccc(-c3ccccc3)cc2)cc1. The number of esters is 1. The average molecular weight is 435 g/mol. The fourth-order valence-electron chi connectivity index (χ4n) is 3.70. The number of benzene rings is 4. The summed E-state index contributed by atoms with van der Waals surface area (Å²) in [7, 11) is 0. The number of ether oxygens (including phenoxy) is 1. The van der Waals surface area contributed by atoms with Crippen LogP contribution in [-0.2, 0) is 4.74 Å². The number of hydrogen-bond donors (Lipinski definition) is 0. The van der Waals surface area contributed by atoms with Crippen molar-refractivity contribution in [3.8, 4) is 22.3 Å². The van der Waals surface area contributed by atoms with Gasteiger partial charge in [-0.3, -0.25) is 4.79 Å². The highest BCUT2D eigenvalue weighted by Gasteiger charge is 2.19. The van der Waals surface area contributed by atoms with E-state index in [1.807, 2.05) is 49.4 Å². The van der Waals surface area contributed by atoms with Crippen molar-refractivity contribution in [3.05, 3.63) is 120 Å². The molecule has 164 valence electrons. The maximum atomic E-state index is 13.1. The highest BCUT2D eigenvalue weighted by Crippen LogP contribution is 2.26. The van der Waals surface area contributed by atoms with Crippen molar-refractivity contribution in [2.24, 2.45) is 0 Å². The molecule has 33 heavy (non-hydrogen) atoms. The predicted molar refractivity (Wildman–Crippen MR) is 132 cm³/mol. The highest BCUT2D eigenvalue weighted by atomic mass is 16.5. The first-order valence-corrected chi connectivity index (χ1v) is 11.2. The van der Waals surface area contributed by atoms with E-state index in [4.69, 9.17) is 4.74 Å². The van der Waals surface area contributed by atoms with Crippen LogP contribution in [0.25, 0.3) is 22.3 Å². The average Bonchev–Trinajstić information content (AvgIpc) is 2.89. The largest absolute Gasteiger partial charge is 0.462 e. The van der Waals surface area contributed by atoms with Crippen LogP contribution < -0.4 is 0 Å². The zero-order chi connectivity index (χ0) is 23.0. The van der Waals surface area contributed by atoms with Crippen LogP contribution in [0.15, 0.2) is 103 Å². The maximum Gasteiger partial charge on any atom is 0.338 e. The molecule has 0 aromatic heterocycles. The van der Waals surface area contributed by atoms with E-state index in [1.54, 1.807) is 24.3 Å². The van der Waals surface area contributed by atoms with Gasteiger partial charge in [0.1, 0.15) is 0 Å². The molecular weight excluding hydrogens is 408 g/mol. The van der Waals surface area contributed by atoms with Crippen LogP contribution >= 0.6 is 0 Å². The quantitative estimate of drug-likeness (QED) is 0.167. The number of unbranched alkanes of at least 4 members (excludes halogenated alkanes) is 1. The monoisotopic (exact) mass is 434 g/mol. The lowest BCUT2D eigenvalue weighted by Crippen LogP contribution is -2.13. The molecule has 0 saturated carbocycles. The van der Waals surface area contributed by atoms with Crippen LogP contribution in [0.2, 0.25) is 0 Å². The molecule has 0 aliphatic heterocycles. The third-order valence-corrected chi connectivity index (χ3v) is 5.60. The first-order chi connectivity index (χ1) is 16.2. The van der Waals surface area contributed by atoms with Gasteiger partial charge in [-0.05, 0) is 34.7 Å². The Morgan fingerprint density at radius 2 is 1.09 bits per heavy atom. The van der Waals surface area contributed by atoms with Gasteiger partial charge in [0.25, 0.3) is 0 Å². The fraction of sp³-hybridized carbons (Fsp3) is 0.133. The van der Waals surface area contributed by atoms with Gasteiger partial charge in [-0.2, -0.15) is 0 Å². The zero-order valence-electron chi connectivity index (χ0n) is 18.7. The Morgan fingerprint density at radius 1 is 0.606 bits per heavy atom. The van der Waals surface area contributed by atoms with Crippen molar-refractivity contribution >= 4 is 11.8 Å². The third kappa shape index (κ3) is 5.27. The second-order valence-corrected chi connectivity index (χ2v) is 7.88. The van der Waals surface area contributed by atoms with E-state index in [2.05, 4.69) is 36.4 Å². The molecule has 0 radical (unpaired) electrons. The topological polar surface area (TPSA) is 43.4 Å². The molecule has 0 aliphatic carbocycles. The molecule has 4 rings (SSSR count). The number of ketones is 1. The van der Waals surface area contributed by atoms with E-state index in [1.165, 1.54) is 5.56 Å². The third-order valence-electron chi connectivity index (χ3n) is 5.60. The molecule has 0 heterocycles. The van der Waals surface area contributed by atoms with Crippen LogP contribution in [0.4, 0.5) is 0 Å². The lowest BCUT2D eigenvalue weighted by Gasteiger charge is -2.10. The van der Waals surface area contributed by atoms with Gasteiger partial charge >= 0.3 is 5.97 Å². The van der Waals surface area contributed by atoms with Crippen LogP contribution in [0.1, 0.15) is 46.0 Å². The van der Waals surface area contributed by atoms with Gasteiger partial charge < -0.3 is 4.74 Å². The first kappa shape index (κ1) is 22.2. The summed E-state index contributed by atoms with van der Waals surface area (Å²) in [4.78, 5) is 25.6. The van der Waals surface area contributed by atoms with Crippen molar-refractivity contribution in [3.63, 3.8) is 0 Å². The molecular formula is C30H26O3. The van der Waals surface area contributed by atoms with Crippen molar-refractivity contribution < 1.29 is 14.3 Å². The predicted octanol–water partition coefficient (Wildman–Crippen LogP) is 7.21. The summed E-state index contributed by atoms with van der Waals surface area (Å²) in [5.74, 6) is -0.647. The minimum atomic E-state index is -0.456. The summed E-state index contributed by atoms with van der Waals surface area (Å²) in [6, 6.07) is 32.9. The molecule has 0 atom stereocenters. The highest BCUT2D eigenvalue weighted by molar-refractivity contribution is 6.14. The smallest absolute Gasteiger partial charge is 0.338 e. The van der Waals surface area contributed by atoms with Gasteiger partial charge in [0.05, 0.1) is 12.2 Å². The van der Waals surface area contributed by atoms with E-state index in [-0.39, 0.29) is 5.78 Å². The van der Waals surface area contributed by atoms with Crippen molar-refractivity contribution in [1.29, 1.82) is 0 Å². The van der Waals surface area contributed by atoms with E-state index in [9.17, 15) is 9.59 Å². The van der Waals surface area contributed by atoms with Crippen LogP contribution in [0, 0.1) is 0 Å². The zero-order valence-corrected chi connectivity index (χ0v) is 18.7. The van der Waals surface area contributed by atoms with E-state index in [0.717, 1.165) is 29.5 Å². The Kier molecular flexibility index (Phi) is 7.11. The Bertz CT molecular complexity index is 1220. The second kappa shape index (κ2) is 10.6. The lowest BCUT2D eigenvalue weighted by molar-refractivity contribution is 0.0497. The summed E-state index contributed by atoms with van der Waals surface area (Å²) in [5.41, 5.74) is 5.64. The number of carbonyl (C=O) groups is 2. The van der Waals surface area contributed by atoms with E-state index >= 15 is 0 Å². The minimum absolute atomic E-state index is 0.191. The molecule has 0 unspecified atom stereocenters. The second-order valence-electron chi connectivity index (χ2n) is 7.88. The number of carbonyl (C=O) groups excluding carboxylic acids is 2. The Hall–Kier alpha value is -3.98. The molecule has 0 fully saturated rings. The maximum absolute atomic E-state index is 13.1. The molecule has 0 saturated heterocycles. The summed E-state index contributed by atoms with van der Waals surface area (Å²) in [6.07, 6.45) is 1.74. The molecule has 4 aromatic carbocycles. The van der Waals surface area contributed by atoms with Crippen molar-refractivity contribution in [2.75, 3.05) is 6.61 Å². The summed E-state index contributed by atoms with van der Waals surface area (Å²) in [6.45, 7) is 2.39. The van der Waals surface area contributed by atoms with Crippen molar-refractivity contribution in [1.82, 2.24) is 0 Å². The van der Waals surface area contributed by atoms with E-state index < -0.39 is 5.97 Å². The molecule has 3 nitrogen and oxygen atoms in total. The van der Waals surface area contributed by atoms with E-state index in [0.29, 0.717) is 23.3 Å². The number of rotatable bonds is 8. The van der Waals surface area contributed by atoms with Gasteiger partial charge in [0, 0.05) is 11.1 Å². The molecule has 0 N–H and O–H groups in total. The Morgan fingerprint density at radius 3 is 1.67 bits per heavy atom. The minimum Gasteiger partial charge on any atom is -0.462 e. The standard InChI is InChI=1S/C30H26O3/c1-2-3-21-33-30(32)28-12-8-7-11-27(28)29(31)26-19-17-25(18-20-26)24-15-13-23(14-16-24)22-9-5-4-6-10-22/h4-20H,2-3,21H2,1H3. The Labute approximate surface area is 194 Å². The van der Waals surface area contributed by atoms with Gasteiger partial charge in [-0.15, -0.1) is 0 Å². The number of hydrogen-bond acceptors (Lipinski definition) is 3. The van der Waals surface area contributed by atoms with Crippen LogP contribution in [0.5, 0.6) is 0 Å². The normalized spacial score (nSPS) is 10.6. The molecule has 0 amide bonds. The molecule has 0 spiro atoms. The van der Waals surface area contributed by atoms with Crippen LogP contribution in [-0.4, -0.2) is 18.4 Å². The molecule has 3 heteroatoms. The molecule has 0 aliphatic rings. The van der Waals surface area contributed by atoms with Gasteiger partial charge in [-0.1, -0.05) is 110 Å². The summed E-state index contributed by atoms with van der Waals surface area (Å²) < 4.78 is 5.32. The molecule has 4 aromatic rings. The van der Waals surface area contributed by atoms with Gasteiger partial charge in [0.2, 0.25) is 0 Å². The summed E-state index contributed by atoms with van der Waals surface area (Å²) >= 11 is 0. The van der Waals surface area contributed by atoms with Gasteiger partial charge in [0.15, 0.2) is 5.78 Å². The molecule has 0 bridgehead atoms. The summed E-state index contributed by atoms with van der Waals surface area (Å²) in [5, 5.41) is 0. The Balaban J connectivity index is 1.52. The van der Waals surface area contributed by atoms with Crippen LogP contribution in [0.3, 0.4) is 0 Å².